The van der Waals surface area contributed by atoms with Crippen molar-refractivity contribution in [1.82, 2.24) is 5.32 Å². The maximum atomic E-state index is 13.3. The molecule has 0 saturated carbocycles. The van der Waals surface area contributed by atoms with Gasteiger partial charge in [-0.2, -0.15) is 0 Å². The van der Waals surface area contributed by atoms with Gasteiger partial charge in [-0.25, -0.2) is 0 Å². The van der Waals surface area contributed by atoms with Gasteiger partial charge >= 0.3 is 0 Å². The number of nitrogens with one attached hydrogen (secondary N) is 3. The van der Waals surface area contributed by atoms with Crippen molar-refractivity contribution in [3.05, 3.63) is 83.4 Å². The molecule has 35 heavy (non-hydrogen) atoms. The molecule has 3 N–H and O–H groups in total. The SMILES string of the molecule is CCCNCc1ccc(N/C(=C2\C(=O)Nc3cc(OCC)c(OCC)cc32)c2ccccc2)cc1. The van der Waals surface area contributed by atoms with Crippen LogP contribution >= 0.6 is 0 Å². The molecular formula is C29H33N3O3. The molecule has 0 spiro atoms. The van der Waals surface area contributed by atoms with E-state index in [-0.39, 0.29) is 5.91 Å². The minimum Gasteiger partial charge on any atom is -0.490 e. The van der Waals surface area contributed by atoms with Crippen molar-refractivity contribution in [2.24, 2.45) is 0 Å². The molecule has 0 aromatic heterocycles. The molecule has 182 valence electrons. The maximum absolute atomic E-state index is 13.3. The van der Waals surface area contributed by atoms with Crippen molar-refractivity contribution in [3.8, 4) is 11.5 Å². The molecule has 0 aliphatic carbocycles. The number of carbonyl (C=O) groups excluding carboxylic acids is 1. The largest absolute Gasteiger partial charge is 0.490 e. The molecule has 0 atom stereocenters. The number of carbonyl (C=O) groups is 1. The third-order valence-electron chi connectivity index (χ3n) is 5.72. The third kappa shape index (κ3) is 5.66. The highest BCUT2D eigenvalue weighted by molar-refractivity contribution is 6.37. The summed E-state index contributed by atoms with van der Waals surface area (Å²) in [5, 5.41) is 9.95. The third-order valence-corrected chi connectivity index (χ3v) is 5.72. The van der Waals surface area contributed by atoms with Crippen molar-refractivity contribution in [2.75, 3.05) is 30.4 Å². The van der Waals surface area contributed by atoms with E-state index in [0.29, 0.717) is 36.0 Å². The Balaban J connectivity index is 1.76. The Morgan fingerprint density at radius 3 is 2.23 bits per heavy atom. The normalized spacial score (nSPS) is 13.7. The number of hydrogen-bond donors (Lipinski definition) is 3. The summed E-state index contributed by atoms with van der Waals surface area (Å²) >= 11 is 0. The Labute approximate surface area is 207 Å². The van der Waals surface area contributed by atoms with Crippen molar-refractivity contribution in [1.29, 1.82) is 0 Å². The minimum absolute atomic E-state index is 0.164. The predicted molar refractivity (Wildman–Crippen MR) is 143 cm³/mol. The molecule has 0 fully saturated rings. The first kappa shape index (κ1) is 24.4. The van der Waals surface area contributed by atoms with Gasteiger partial charge in [-0.3, -0.25) is 4.79 Å². The molecule has 6 heteroatoms. The summed E-state index contributed by atoms with van der Waals surface area (Å²) in [6, 6.07) is 21.9. The number of rotatable bonds is 11. The summed E-state index contributed by atoms with van der Waals surface area (Å²) in [4.78, 5) is 13.3. The Bertz CT molecular complexity index is 1190. The van der Waals surface area contributed by atoms with Gasteiger partial charge in [-0.05, 0) is 56.1 Å². The summed E-state index contributed by atoms with van der Waals surface area (Å²) in [5.41, 5.74) is 5.86. The monoisotopic (exact) mass is 471 g/mol. The van der Waals surface area contributed by atoms with Gasteiger partial charge in [0.25, 0.3) is 5.91 Å². The van der Waals surface area contributed by atoms with Gasteiger partial charge in [0.15, 0.2) is 11.5 Å². The van der Waals surface area contributed by atoms with Crippen LogP contribution in [0.3, 0.4) is 0 Å². The zero-order chi connectivity index (χ0) is 24.6. The first-order valence-corrected chi connectivity index (χ1v) is 12.3. The van der Waals surface area contributed by atoms with Crippen LogP contribution in [0.15, 0.2) is 66.7 Å². The summed E-state index contributed by atoms with van der Waals surface area (Å²) in [5.74, 6) is 1.08. The van der Waals surface area contributed by atoms with Crippen molar-refractivity contribution in [3.63, 3.8) is 0 Å². The van der Waals surface area contributed by atoms with Gasteiger partial charge in [0.2, 0.25) is 0 Å². The van der Waals surface area contributed by atoms with Crippen LogP contribution in [0.2, 0.25) is 0 Å². The Hall–Kier alpha value is -3.77. The van der Waals surface area contributed by atoms with Crippen LogP contribution in [0.1, 0.15) is 43.9 Å². The van der Waals surface area contributed by atoms with Gasteiger partial charge in [0.05, 0.1) is 30.2 Å². The smallest absolute Gasteiger partial charge is 0.258 e. The Morgan fingerprint density at radius 1 is 0.886 bits per heavy atom. The maximum Gasteiger partial charge on any atom is 0.258 e. The Morgan fingerprint density at radius 2 is 1.57 bits per heavy atom. The molecule has 0 unspecified atom stereocenters. The predicted octanol–water partition coefficient (Wildman–Crippen LogP) is 5.92. The van der Waals surface area contributed by atoms with E-state index in [1.165, 1.54) is 5.56 Å². The second-order valence-corrected chi connectivity index (χ2v) is 8.28. The highest BCUT2D eigenvalue weighted by Crippen LogP contribution is 2.43. The number of benzene rings is 3. The molecule has 3 aromatic carbocycles. The molecule has 1 amide bonds. The molecular weight excluding hydrogens is 438 g/mol. The van der Waals surface area contributed by atoms with Crippen LogP contribution in [0.25, 0.3) is 11.3 Å². The fourth-order valence-electron chi connectivity index (χ4n) is 4.11. The molecule has 4 rings (SSSR count). The zero-order valence-corrected chi connectivity index (χ0v) is 20.6. The number of hydrogen-bond acceptors (Lipinski definition) is 5. The van der Waals surface area contributed by atoms with Crippen LogP contribution in [0, 0.1) is 0 Å². The Kier molecular flexibility index (Phi) is 8.06. The molecule has 0 saturated heterocycles. The number of amides is 1. The fourth-order valence-corrected chi connectivity index (χ4v) is 4.11. The highest BCUT2D eigenvalue weighted by Gasteiger charge is 2.30. The fraction of sp³-hybridized carbons (Fsp3) is 0.276. The van der Waals surface area contributed by atoms with Crippen molar-refractivity contribution < 1.29 is 14.3 Å². The first-order valence-electron chi connectivity index (χ1n) is 12.3. The van der Waals surface area contributed by atoms with E-state index >= 15 is 0 Å². The first-order chi connectivity index (χ1) is 17.1. The molecule has 0 bridgehead atoms. The average molecular weight is 472 g/mol. The molecule has 1 aliphatic heterocycles. The quantitative estimate of drug-likeness (QED) is 0.239. The van der Waals surface area contributed by atoms with E-state index in [0.717, 1.165) is 42.0 Å². The van der Waals surface area contributed by atoms with E-state index in [9.17, 15) is 4.79 Å². The van der Waals surface area contributed by atoms with Gasteiger partial charge in [-0.1, -0.05) is 49.4 Å². The lowest BCUT2D eigenvalue weighted by Gasteiger charge is -2.16. The van der Waals surface area contributed by atoms with Crippen LogP contribution in [-0.2, 0) is 11.3 Å². The molecule has 1 heterocycles. The average Bonchev–Trinajstić information content (AvgIpc) is 3.19. The number of ether oxygens (including phenoxy) is 2. The lowest BCUT2D eigenvalue weighted by Crippen LogP contribution is -2.13. The van der Waals surface area contributed by atoms with E-state index in [2.05, 4.69) is 35.0 Å². The summed E-state index contributed by atoms with van der Waals surface area (Å²) in [6.07, 6.45) is 1.11. The lowest BCUT2D eigenvalue weighted by atomic mass is 9.99. The van der Waals surface area contributed by atoms with Gasteiger partial charge in [0.1, 0.15) is 0 Å². The zero-order valence-electron chi connectivity index (χ0n) is 20.6. The minimum atomic E-state index is -0.164. The van der Waals surface area contributed by atoms with Crippen LogP contribution in [0.4, 0.5) is 11.4 Å². The van der Waals surface area contributed by atoms with Crippen LogP contribution < -0.4 is 25.4 Å². The highest BCUT2D eigenvalue weighted by atomic mass is 16.5. The number of anilines is 2. The molecule has 3 aromatic rings. The van der Waals surface area contributed by atoms with E-state index in [4.69, 9.17) is 9.47 Å². The summed E-state index contributed by atoms with van der Waals surface area (Å²) in [7, 11) is 0. The van der Waals surface area contributed by atoms with E-state index in [1.54, 1.807) is 0 Å². The topological polar surface area (TPSA) is 71.6 Å². The molecule has 6 nitrogen and oxygen atoms in total. The van der Waals surface area contributed by atoms with Crippen molar-refractivity contribution >= 4 is 28.6 Å². The number of fused-ring (bicyclic) bond motifs is 1. The van der Waals surface area contributed by atoms with E-state index < -0.39 is 0 Å². The second-order valence-electron chi connectivity index (χ2n) is 8.28. The standard InChI is InChI=1S/C29H33N3O3/c1-4-16-30-19-20-12-14-22(15-13-20)31-28(21-10-8-7-9-11-21)27-23-17-25(34-5-2)26(35-6-3)18-24(23)32-29(27)33/h7-15,17-18,30-31H,4-6,16,19H2,1-3H3,(H,32,33)/b28-27-. The summed E-state index contributed by atoms with van der Waals surface area (Å²) in [6.45, 7) is 8.85. The lowest BCUT2D eigenvalue weighted by molar-refractivity contribution is -0.110. The van der Waals surface area contributed by atoms with Gasteiger partial charge < -0.3 is 25.4 Å². The van der Waals surface area contributed by atoms with Crippen LogP contribution in [0.5, 0.6) is 11.5 Å². The van der Waals surface area contributed by atoms with Gasteiger partial charge in [0, 0.05) is 23.9 Å². The van der Waals surface area contributed by atoms with Crippen LogP contribution in [-0.4, -0.2) is 25.7 Å². The summed E-state index contributed by atoms with van der Waals surface area (Å²) < 4.78 is 11.6. The molecule has 0 radical (unpaired) electrons. The second kappa shape index (κ2) is 11.6. The van der Waals surface area contributed by atoms with E-state index in [1.807, 2.05) is 68.4 Å². The van der Waals surface area contributed by atoms with Crippen molar-refractivity contribution in [2.45, 2.75) is 33.7 Å². The van der Waals surface area contributed by atoms with Gasteiger partial charge in [-0.15, -0.1) is 0 Å². The molecule has 1 aliphatic rings.